The quantitative estimate of drug-likeness (QED) is 0.537. The van der Waals surface area contributed by atoms with Crippen LogP contribution in [0.2, 0.25) is 5.02 Å². The number of amides is 1. The van der Waals surface area contributed by atoms with Crippen LogP contribution in [0, 0.1) is 13.8 Å². The molecule has 3 rings (SSSR count). The van der Waals surface area contributed by atoms with Gasteiger partial charge >= 0.3 is 0 Å². The number of ether oxygens (including phenoxy) is 1. The maximum Gasteiger partial charge on any atom is 0.263 e. The monoisotopic (exact) mass is 458 g/mol. The van der Waals surface area contributed by atoms with Crippen molar-refractivity contribution in [2.75, 3.05) is 11.8 Å². The standard InChI is InChI=1S/C23H23ClN2O4S/c1-15-4-5-16(2)21(12-15)26-31(28,29)22-13-18(8-11-20(22)24)23(27)25-14-17-6-9-19(30-3)10-7-17/h4-13,26H,14H2,1-3H3,(H,25,27). The smallest absolute Gasteiger partial charge is 0.263 e. The predicted molar refractivity (Wildman–Crippen MR) is 122 cm³/mol. The van der Waals surface area contributed by atoms with Crippen molar-refractivity contribution in [2.24, 2.45) is 0 Å². The minimum Gasteiger partial charge on any atom is -0.497 e. The van der Waals surface area contributed by atoms with Crippen LogP contribution in [0.3, 0.4) is 0 Å². The number of carbonyl (C=O) groups excluding carboxylic acids is 1. The molecule has 2 N–H and O–H groups in total. The number of halogens is 1. The van der Waals surface area contributed by atoms with Crippen molar-refractivity contribution >= 4 is 33.2 Å². The Morgan fingerprint density at radius 3 is 2.39 bits per heavy atom. The molecule has 0 aliphatic carbocycles. The number of anilines is 1. The van der Waals surface area contributed by atoms with Gasteiger partial charge in [0.2, 0.25) is 0 Å². The van der Waals surface area contributed by atoms with E-state index in [1.165, 1.54) is 18.2 Å². The van der Waals surface area contributed by atoms with Crippen LogP contribution in [0.15, 0.2) is 65.6 Å². The lowest BCUT2D eigenvalue weighted by molar-refractivity contribution is 0.0950. The Morgan fingerprint density at radius 2 is 1.71 bits per heavy atom. The molecule has 0 spiro atoms. The number of rotatable bonds is 7. The lowest BCUT2D eigenvalue weighted by Gasteiger charge is -2.13. The highest BCUT2D eigenvalue weighted by Crippen LogP contribution is 2.27. The van der Waals surface area contributed by atoms with Gasteiger partial charge in [0.25, 0.3) is 15.9 Å². The van der Waals surface area contributed by atoms with Gasteiger partial charge in [-0.05, 0) is 66.9 Å². The van der Waals surface area contributed by atoms with Gasteiger partial charge in [-0.3, -0.25) is 9.52 Å². The maximum absolute atomic E-state index is 13.0. The zero-order chi connectivity index (χ0) is 22.6. The van der Waals surface area contributed by atoms with E-state index in [1.807, 2.05) is 38.1 Å². The Morgan fingerprint density at radius 1 is 1.00 bits per heavy atom. The second-order valence-electron chi connectivity index (χ2n) is 7.10. The van der Waals surface area contributed by atoms with E-state index in [9.17, 15) is 13.2 Å². The number of hydrogen-bond acceptors (Lipinski definition) is 4. The first kappa shape index (κ1) is 22.7. The lowest BCUT2D eigenvalue weighted by atomic mass is 10.1. The number of benzene rings is 3. The summed E-state index contributed by atoms with van der Waals surface area (Å²) in [7, 11) is -2.41. The van der Waals surface area contributed by atoms with Crippen LogP contribution in [0.5, 0.6) is 5.75 Å². The third-order valence-corrected chi connectivity index (χ3v) is 6.58. The molecule has 6 nitrogen and oxygen atoms in total. The number of sulfonamides is 1. The second kappa shape index (κ2) is 9.41. The van der Waals surface area contributed by atoms with Crippen LogP contribution in [0.4, 0.5) is 5.69 Å². The maximum atomic E-state index is 13.0. The summed E-state index contributed by atoms with van der Waals surface area (Å²) in [6, 6.07) is 16.9. The molecular weight excluding hydrogens is 436 g/mol. The van der Waals surface area contributed by atoms with Gasteiger partial charge in [0.05, 0.1) is 17.8 Å². The summed E-state index contributed by atoms with van der Waals surface area (Å²) in [5, 5.41) is 2.81. The zero-order valence-electron chi connectivity index (χ0n) is 17.4. The number of hydrogen-bond donors (Lipinski definition) is 2. The summed E-state index contributed by atoms with van der Waals surface area (Å²) >= 11 is 6.16. The summed E-state index contributed by atoms with van der Waals surface area (Å²) in [6.07, 6.45) is 0. The van der Waals surface area contributed by atoms with Gasteiger partial charge in [0, 0.05) is 12.1 Å². The highest BCUT2D eigenvalue weighted by Gasteiger charge is 2.21. The average molecular weight is 459 g/mol. The van der Waals surface area contributed by atoms with E-state index in [4.69, 9.17) is 16.3 Å². The molecule has 0 unspecified atom stereocenters. The molecule has 3 aromatic rings. The van der Waals surface area contributed by atoms with E-state index < -0.39 is 15.9 Å². The Kier molecular flexibility index (Phi) is 6.87. The third kappa shape index (κ3) is 5.57. The topological polar surface area (TPSA) is 84.5 Å². The second-order valence-corrected chi connectivity index (χ2v) is 9.16. The summed E-state index contributed by atoms with van der Waals surface area (Å²) in [6.45, 7) is 3.97. The van der Waals surface area contributed by atoms with Crippen molar-refractivity contribution in [1.82, 2.24) is 5.32 Å². The molecule has 31 heavy (non-hydrogen) atoms. The third-order valence-electron chi connectivity index (χ3n) is 4.73. The summed E-state index contributed by atoms with van der Waals surface area (Å²) in [4.78, 5) is 12.4. The van der Waals surface area contributed by atoms with Crippen molar-refractivity contribution in [2.45, 2.75) is 25.3 Å². The summed E-state index contributed by atoms with van der Waals surface area (Å²) in [5.74, 6) is 0.314. The van der Waals surface area contributed by atoms with Crippen molar-refractivity contribution in [1.29, 1.82) is 0 Å². The van der Waals surface area contributed by atoms with Crippen molar-refractivity contribution in [3.05, 3.63) is 87.9 Å². The first-order valence-electron chi connectivity index (χ1n) is 9.50. The van der Waals surface area contributed by atoms with Crippen LogP contribution >= 0.6 is 11.6 Å². The van der Waals surface area contributed by atoms with Crippen LogP contribution in [-0.4, -0.2) is 21.4 Å². The molecule has 3 aromatic carbocycles. The van der Waals surface area contributed by atoms with E-state index in [0.29, 0.717) is 5.69 Å². The molecule has 0 fully saturated rings. The molecule has 0 atom stereocenters. The van der Waals surface area contributed by atoms with E-state index >= 15 is 0 Å². The fourth-order valence-corrected chi connectivity index (χ4v) is 4.57. The number of carbonyl (C=O) groups is 1. The van der Waals surface area contributed by atoms with Crippen LogP contribution in [0.25, 0.3) is 0 Å². The van der Waals surface area contributed by atoms with Gasteiger partial charge in [0.15, 0.2) is 0 Å². The molecular formula is C23H23ClN2O4S. The van der Waals surface area contributed by atoms with Gasteiger partial charge in [-0.25, -0.2) is 8.42 Å². The SMILES string of the molecule is COc1ccc(CNC(=O)c2ccc(Cl)c(S(=O)(=O)Nc3cc(C)ccc3C)c2)cc1. The first-order valence-corrected chi connectivity index (χ1v) is 11.4. The lowest BCUT2D eigenvalue weighted by Crippen LogP contribution is -2.23. The van der Waals surface area contributed by atoms with E-state index in [0.717, 1.165) is 22.4 Å². The predicted octanol–water partition coefficient (Wildman–Crippen LogP) is 4.70. The number of aryl methyl sites for hydroxylation is 2. The van der Waals surface area contributed by atoms with Gasteiger partial charge in [0.1, 0.15) is 10.6 Å². The molecule has 1 amide bonds. The molecule has 8 heteroatoms. The number of methoxy groups -OCH3 is 1. The van der Waals surface area contributed by atoms with E-state index in [-0.39, 0.29) is 22.0 Å². The molecule has 0 aliphatic heterocycles. The Labute approximate surface area is 187 Å². The Hall–Kier alpha value is -3.03. The molecule has 0 aromatic heterocycles. The molecule has 0 saturated carbocycles. The van der Waals surface area contributed by atoms with Gasteiger partial charge in [-0.1, -0.05) is 35.9 Å². The van der Waals surface area contributed by atoms with Crippen molar-refractivity contribution in [3.8, 4) is 5.75 Å². The molecule has 0 saturated heterocycles. The molecule has 162 valence electrons. The van der Waals surface area contributed by atoms with Gasteiger partial charge in [-0.2, -0.15) is 0 Å². The Balaban J connectivity index is 1.79. The van der Waals surface area contributed by atoms with E-state index in [1.54, 1.807) is 25.3 Å². The van der Waals surface area contributed by atoms with Gasteiger partial charge in [-0.15, -0.1) is 0 Å². The van der Waals surface area contributed by atoms with Crippen molar-refractivity contribution < 1.29 is 17.9 Å². The highest BCUT2D eigenvalue weighted by atomic mass is 35.5. The summed E-state index contributed by atoms with van der Waals surface area (Å²) < 4.78 is 33.6. The molecule has 0 bridgehead atoms. The first-order chi connectivity index (χ1) is 14.7. The normalized spacial score (nSPS) is 11.1. The average Bonchev–Trinajstić information content (AvgIpc) is 2.75. The Bertz CT molecular complexity index is 1210. The summed E-state index contributed by atoms with van der Waals surface area (Å²) in [5.41, 5.74) is 3.23. The van der Waals surface area contributed by atoms with E-state index in [2.05, 4.69) is 10.0 Å². The number of nitrogens with one attached hydrogen (secondary N) is 2. The zero-order valence-corrected chi connectivity index (χ0v) is 19.0. The van der Waals surface area contributed by atoms with Crippen LogP contribution < -0.4 is 14.8 Å². The fraction of sp³-hybridized carbons (Fsp3) is 0.174. The minimum absolute atomic E-state index is 0.0320. The molecule has 0 radical (unpaired) electrons. The fourth-order valence-electron chi connectivity index (χ4n) is 2.92. The van der Waals surface area contributed by atoms with Crippen molar-refractivity contribution in [3.63, 3.8) is 0 Å². The van der Waals surface area contributed by atoms with Crippen LogP contribution in [-0.2, 0) is 16.6 Å². The minimum atomic E-state index is -3.99. The largest absolute Gasteiger partial charge is 0.497 e. The molecule has 0 heterocycles. The highest BCUT2D eigenvalue weighted by molar-refractivity contribution is 7.92. The molecule has 0 aliphatic rings. The van der Waals surface area contributed by atoms with Crippen LogP contribution in [0.1, 0.15) is 27.0 Å². The van der Waals surface area contributed by atoms with Gasteiger partial charge < -0.3 is 10.1 Å².